The summed E-state index contributed by atoms with van der Waals surface area (Å²) in [5.41, 5.74) is 9.03. The van der Waals surface area contributed by atoms with Crippen LogP contribution in [0, 0.1) is 0 Å². The van der Waals surface area contributed by atoms with Crippen LogP contribution in [0.2, 0.25) is 0 Å². The van der Waals surface area contributed by atoms with E-state index in [1.165, 1.54) is 24.8 Å². The number of allylic oxidation sites excluding steroid dienone is 1. The molecule has 1 unspecified atom stereocenters. The van der Waals surface area contributed by atoms with Gasteiger partial charge >= 0.3 is 6.36 Å². The molecule has 5 nitrogen and oxygen atoms in total. The van der Waals surface area contributed by atoms with Crippen molar-refractivity contribution in [1.82, 2.24) is 9.97 Å². The Morgan fingerprint density at radius 1 is 1.17 bits per heavy atom. The fourth-order valence-corrected chi connectivity index (χ4v) is 4.10. The van der Waals surface area contributed by atoms with Crippen molar-refractivity contribution in [2.24, 2.45) is 5.73 Å². The number of ether oxygens (including phenoxy) is 2. The highest BCUT2D eigenvalue weighted by atomic mass is 79.9. The molecular weight excluding hydrogens is 531 g/mol. The lowest BCUT2D eigenvalue weighted by Gasteiger charge is -2.16. The van der Waals surface area contributed by atoms with E-state index in [0.717, 1.165) is 18.9 Å². The maximum Gasteiger partial charge on any atom is 0.573 e. The molecule has 2 aromatic rings. The summed E-state index contributed by atoms with van der Waals surface area (Å²) >= 11 is 6.75. The van der Waals surface area contributed by atoms with Crippen molar-refractivity contribution >= 4 is 31.9 Å². The summed E-state index contributed by atoms with van der Waals surface area (Å²) in [6, 6.07) is 3.37. The van der Waals surface area contributed by atoms with Gasteiger partial charge in [0.2, 0.25) is 0 Å². The minimum Gasteiger partial charge on any atom is -0.496 e. The maximum atomic E-state index is 12.5. The van der Waals surface area contributed by atoms with Gasteiger partial charge in [0.1, 0.15) is 26.4 Å². The van der Waals surface area contributed by atoms with E-state index in [2.05, 4.69) is 66.5 Å². The average molecular weight is 553 g/mol. The van der Waals surface area contributed by atoms with Gasteiger partial charge in [-0.2, -0.15) is 0 Å². The van der Waals surface area contributed by atoms with Crippen LogP contribution in [0.15, 0.2) is 39.1 Å². The lowest BCUT2D eigenvalue weighted by Crippen LogP contribution is -2.17. The fraction of sp³-hybridized carbons (Fsp3) is 0.400. The van der Waals surface area contributed by atoms with Crippen LogP contribution >= 0.6 is 31.9 Å². The first kappa shape index (κ1) is 24.6. The van der Waals surface area contributed by atoms with Crippen molar-refractivity contribution in [3.63, 3.8) is 0 Å². The Kier molecular flexibility index (Phi) is 8.69. The van der Waals surface area contributed by atoms with E-state index in [1.807, 2.05) is 0 Å². The smallest absolute Gasteiger partial charge is 0.496 e. The number of hydrogen-bond donors (Lipinski definition) is 1. The van der Waals surface area contributed by atoms with Crippen molar-refractivity contribution in [3.05, 3.63) is 44.7 Å². The van der Waals surface area contributed by atoms with Gasteiger partial charge < -0.3 is 15.2 Å². The second-order valence-electron chi connectivity index (χ2n) is 6.36. The molecule has 0 spiro atoms. The topological polar surface area (TPSA) is 70.3 Å². The molecule has 30 heavy (non-hydrogen) atoms. The minimum absolute atomic E-state index is 0.160. The summed E-state index contributed by atoms with van der Waals surface area (Å²) in [6.45, 7) is 4.18. The zero-order valence-electron chi connectivity index (χ0n) is 16.7. The summed E-state index contributed by atoms with van der Waals surface area (Å²) in [5.74, 6) is -0.231. The van der Waals surface area contributed by atoms with Gasteiger partial charge in [0, 0.05) is 11.6 Å². The van der Waals surface area contributed by atoms with E-state index in [9.17, 15) is 13.2 Å². The van der Waals surface area contributed by atoms with Gasteiger partial charge in [-0.3, -0.25) is 0 Å². The number of methoxy groups -OCH3 is 1. The normalized spacial score (nSPS) is 12.4. The lowest BCUT2D eigenvalue weighted by atomic mass is 10.0. The highest BCUT2D eigenvalue weighted by Gasteiger charge is 2.31. The van der Waals surface area contributed by atoms with Crippen LogP contribution in [0.3, 0.4) is 0 Å². The van der Waals surface area contributed by atoms with Crippen molar-refractivity contribution in [2.45, 2.75) is 45.5 Å². The molecule has 0 fully saturated rings. The van der Waals surface area contributed by atoms with E-state index >= 15 is 0 Å². The van der Waals surface area contributed by atoms with E-state index in [1.54, 1.807) is 0 Å². The summed E-state index contributed by atoms with van der Waals surface area (Å²) < 4.78 is 47.6. The minimum atomic E-state index is -4.80. The van der Waals surface area contributed by atoms with Crippen LogP contribution < -0.4 is 15.2 Å². The van der Waals surface area contributed by atoms with Crippen molar-refractivity contribution < 1.29 is 22.6 Å². The van der Waals surface area contributed by atoms with Crippen LogP contribution in [-0.2, 0) is 0 Å². The number of rotatable bonds is 8. The SMILES string of the molecule is CCC(=CCC(N)c1nc(-c2ccc(OC(F)(F)F)cc2OC)c(Br)nc1Br)CC. The second kappa shape index (κ2) is 10.6. The van der Waals surface area contributed by atoms with E-state index in [-0.39, 0.29) is 5.75 Å². The quantitative estimate of drug-likeness (QED) is 0.368. The van der Waals surface area contributed by atoms with Gasteiger partial charge in [-0.15, -0.1) is 13.2 Å². The Balaban J connectivity index is 2.45. The fourth-order valence-electron chi connectivity index (χ4n) is 2.82. The predicted molar refractivity (Wildman–Crippen MR) is 116 cm³/mol. The zero-order chi connectivity index (χ0) is 22.5. The number of halogens is 5. The molecule has 0 saturated heterocycles. The van der Waals surface area contributed by atoms with Gasteiger partial charge in [-0.1, -0.05) is 25.5 Å². The number of aromatic nitrogens is 2. The highest BCUT2D eigenvalue weighted by molar-refractivity contribution is 9.11. The molecule has 164 valence electrons. The molecule has 1 atom stereocenters. The molecular formula is C20H22Br2F3N3O2. The highest BCUT2D eigenvalue weighted by Crippen LogP contribution is 2.38. The van der Waals surface area contributed by atoms with Gasteiger partial charge in [0.05, 0.1) is 18.8 Å². The number of benzene rings is 1. The molecule has 1 heterocycles. The van der Waals surface area contributed by atoms with Crippen LogP contribution in [0.5, 0.6) is 11.5 Å². The Hall–Kier alpha value is -1.65. The number of alkyl halides is 3. The van der Waals surface area contributed by atoms with Crippen LogP contribution in [0.25, 0.3) is 11.3 Å². The van der Waals surface area contributed by atoms with Crippen molar-refractivity contribution in [2.75, 3.05) is 7.11 Å². The molecule has 1 aromatic carbocycles. The monoisotopic (exact) mass is 551 g/mol. The standard InChI is InChI=1S/C20H22Br2F3N3O2/c1-4-11(5-2)6-9-14(26)17-19(22)28-18(21)16(27-17)13-8-7-12(10-15(13)29-3)30-20(23,24)25/h6-8,10,14H,4-5,9,26H2,1-3H3. The summed E-state index contributed by atoms with van der Waals surface area (Å²) in [6.07, 6.45) is -0.213. The van der Waals surface area contributed by atoms with Crippen LogP contribution in [-0.4, -0.2) is 23.4 Å². The summed E-state index contributed by atoms with van der Waals surface area (Å²) in [5, 5.41) is 0. The molecule has 2 rings (SSSR count). The first-order valence-electron chi connectivity index (χ1n) is 9.20. The maximum absolute atomic E-state index is 12.5. The predicted octanol–water partition coefficient (Wildman–Crippen LogP) is 6.71. The molecule has 0 aliphatic heterocycles. The Morgan fingerprint density at radius 2 is 1.83 bits per heavy atom. The average Bonchev–Trinajstić information content (AvgIpc) is 2.67. The Labute approximate surface area is 190 Å². The Morgan fingerprint density at radius 3 is 2.40 bits per heavy atom. The third kappa shape index (κ3) is 6.42. The summed E-state index contributed by atoms with van der Waals surface area (Å²) in [7, 11) is 1.35. The number of hydrogen-bond acceptors (Lipinski definition) is 5. The molecule has 1 aromatic heterocycles. The number of nitrogens with zero attached hydrogens (tertiary/aromatic N) is 2. The lowest BCUT2D eigenvalue weighted by molar-refractivity contribution is -0.274. The molecule has 0 saturated carbocycles. The third-order valence-corrected chi connectivity index (χ3v) is 5.55. The van der Waals surface area contributed by atoms with E-state index in [0.29, 0.717) is 32.6 Å². The van der Waals surface area contributed by atoms with Gasteiger partial charge in [-0.25, -0.2) is 9.97 Å². The first-order chi connectivity index (χ1) is 14.1. The van der Waals surface area contributed by atoms with Crippen molar-refractivity contribution in [3.8, 4) is 22.8 Å². The second-order valence-corrected chi connectivity index (χ2v) is 7.86. The molecule has 0 radical (unpaired) electrons. The third-order valence-electron chi connectivity index (χ3n) is 4.42. The van der Waals surface area contributed by atoms with Gasteiger partial charge in [0.15, 0.2) is 0 Å². The molecule has 0 bridgehead atoms. The zero-order valence-corrected chi connectivity index (χ0v) is 19.9. The molecule has 2 N–H and O–H groups in total. The molecule has 0 amide bonds. The summed E-state index contributed by atoms with van der Waals surface area (Å²) in [4.78, 5) is 9.03. The molecule has 0 aliphatic rings. The van der Waals surface area contributed by atoms with Crippen LogP contribution in [0.1, 0.15) is 44.8 Å². The molecule has 0 aliphatic carbocycles. The first-order valence-corrected chi connectivity index (χ1v) is 10.8. The van der Waals surface area contributed by atoms with E-state index in [4.69, 9.17) is 10.5 Å². The van der Waals surface area contributed by atoms with Gasteiger partial charge in [0.25, 0.3) is 0 Å². The van der Waals surface area contributed by atoms with E-state index < -0.39 is 18.2 Å². The molecule has 10 heteroatoms. The van der Waals surface area contributed by atoms with Gasteiger partial charge in [-0.05, 0) is 63.3 Å². The largest absolute Gasteiger partial charge is 0.573 e. The number of nitrogens with two attached hydrogens (primary N) is 1. The van der Waals surface area contributed by atoms with Crippen molar-refractivity contribution in [1.29, 1.82) is 0 Å². The van der Waals surface area contributed by atoms with Crippen LogP contribution in [0.4, 0.5) is 13.2 Å². The Bertz CT molecular complexity index is 915.